The van der Waals surface area contributed by atoms with Crippen molar-refractivity contribution in [2.24, 2.45) is 0 Å². The average Bonchev–Trinajstić information content (AvgIpc) is 2.69. The van der Waals surface area contributed by atoms with Crippen LogP contribution in [0.15, 0.2) is 48.5 Å². The van der Waals surface area contributed by atoms with Crippen LogP contribution in [0.1, 0.15) is 29.8 Å². The molecule has 0 aliphatic heterocycles. The molecule has 2 rings (SSSR count). The molecule has 0 fully saturated rings. The van der Waals surface area contributed by atoms with E-state index in [1.807, 2.05) is 44.2 Å². The highest BCUT2D eigenvalue weighted by Gasteiger charge is 2.20. The quantitative estimate of drug-likeness (QED) is 0.666. The van der Waals surface area contributed by atoms with Crippen LogP contribution in [0.3, 0.4) is 0 Å². The van der Waals surface area contributed by atoms with E-state index in [2.05, 4.69) is 0 Å². The lowest BCUT2D eigenvalue weighted by atomic mass is 10.2. The maximum Gasteiger partial charge on any atom is 0.338 e. The van der Waals surface area contributed by atoms with Gasteiger partial charge in [0.15, 0.2) is 6.61 Å². The molecule has 2 aromatic carbocycles. The Kier molecular flexibility index (Phi) is 7.23. The van der Waals surface area contributed by atoms with E-state index in [0.29, 0.717) is 18.0 Å². The highest BCUT2D eigenvalue weighted by Crippen LogP contribution is 2.23. The van der Waals surface area contributed by atoms with Crippen molar-refractivity contribution in [3.05, 3.63) is 59.7 Å². The molecule has 27 heavy (non-hydrogen) atoms. The standard InChI is InChI=1S/C21H25NO5/c1-15(2)22(13-16-8-6-5-7-9-16)20(23)14-27-21(24)17-10-18(25-3)12-19(11-17)26-4/h5-12,15H,13-14H2,1-4H3. The zero-order chi connectivity index (χ0) is 19.8. The third kappa shape index (κ3) is 5.74. The van der Waals surface area contributed by atoms with E-state index in [1.165, 1.54) is 14.2 Å². The van der Waals surface area contributed by atoms with Crippen molar-refractivity contribution in [1.82, 2.24) is 4.90 Å². The summed E-state index contributed by atoms with van der Waals surface area (Å²) >= 11 is 0. The molecule has 0 aromatic heterocycles. The highest BCUT2D eigenvalue weighted by atomic mass is 16.5. The maximum absolute atomic E-state index is 12.6. The molecule has 0 atom stereocenters. The lowest BCUT2D eigenvalue weighted by Gasteiger charge is -2.26. The highest BCUT2D eigenvalue weighted by molar-refractivity contribution is 5.92. The second-order valence-electron chi connectivity index (χ2n) is 6.28. The average molecular weight is 371 g/mol. The molecule has 0 radical (unpaired) electrons. The fourth-order valence-corrected chi connectivity index (χ4v) is 2.56. The fourth-order valence-electron chi connectivity index (χ4n) is 2.56. The van der Waals surface area contributed by atoms with Crippen LogP contribution in [-0.2, 0) is 16.1 Å². The van der Waals surface area contributed by atoms with Gasteiger partial charge in [-0.2, -0.15) is 0 Å². The van der Waals surface area contributed by atoms with Crippen LogP contribution in [0.2, 0.25) is 0 Å². The summed E-state index contributed by atoms with van der Waals surface area (Å²) < 4.78 is 15.5. The molecular formula is C21H25NO5. The molecule has 0 spiro atoms. The van der Waals surface area contributed by atoms with E-state index >= 15 is 0 Å². The zero-order valence-corrected chi connectivity index (χ0v) is 16.1. The van der Waals surface area contributed by atoms with Crippen molar-refractivity contribution >= 4 is 11.9 Å². The summed E-state index contributed by atoms with van der Waals surface area (Å²) in [6.45, 7) is 3.98. The van der Waals surface area contributed by atoms with Gasteiger partial charge in [0.25, 0.3) is 5.91 Å². The summed E-state index contributed by atoms with van der Waals surface area (Å²) in [6, 6.07) is 14.4. The third-order valence-corrected chi connectivity index (χ3v) is 4.05. The number of carbonyl (C=O) groups excluding carboxylic acids is 2. The molecule has 0 aliphatic rings. The van der Waals surface area contributed by atoms with E-state index < -0.39 is 5.97 Å². The van der Waals surface area contributed by atoms with Crippen LogP contribution in [0.4, 0.5) is 0 Å². The minimum Gasteiger partial charge on any atom is -0.497 e. The Morgan fingerprint density at radius 2 is 1.56 bits per heavy atom. The Hall–Kier alpha value is -3.02. The van der Waals surface area contributed by atoms with E-state index in [1.54, 1.807) is 23.1 Å². The molecule has 6 heteroatoms. The van der Waals surface area contributed by atoms with Crippen molar-refractivity contribution in [3.63, 3.8) is 0 Å². The number of benzene rings is 2. The van der Waals surface area contributed by atoms with Gasteiger partial charge in [-0.1, -0.05) is 30.3 Å². The first kappa shape index (κ1) is 20.3. The molecule has 0 saturated carbocycles. The zero-order valence-electron chi connectivity index (χ0n) is 16.1. The number of methoxy groups -OCH3 is 2. The molecular weight excluding hydrogens is 346 g/mol. The largest absolute Gasteiger partial charge is 0.497 e. The lowest BCUT2D eigenvalue weighted by molar-refractivity contribution is -0.136. The predicted molar refractivity (Wildman–Crippen MR) is 102 cm³/mol. The molecule has 6 nitrogen and oxygen atoms in total. The minimum absolute atomic E-state index is 0.0201. The Morgan fingerprint density at radius 3 is 2.07 bits per heavy atom. The van der Waals surface area contributed by atoms with Gasteiger partial charge in [-0.3, -0.25) is 4.79 Å². The summed E-state index contributed by atoms with van der Waals surface area (Å²) in [6.07, 6.45) is 0. The van der Waals surface area contributed by atoms with Crippen LogP contribution in [0.5, 0.6) is 11.5 Å². The van der Waals surface area contributed by atoms with E-state index in [0.717, 1.165) is 5.56 Å². The smallest absolute Gasteiger partial charge is 0.338 e. The van der Waals surface area contributed by atoms with Gasteiger partial charge >= 0.3 is 5.97 Å². The Morgan fingerprint density at radius 1 is 0.963 bits per heavy atom. The topological polar surface area (TPSA) is 65.1 Å². The minimum atomic E-state index is -0.607. The first-order valence-corrected chi connectivity index (χ1v) is 8.68. The van der Waals surface area contributed by atoms with Gasteiger partial charge in [0.2, 0.25) is 0 Å². The van der Waals surface area contributed by atoms with Crippen molar-refractivity contribution in [2.75, 3.05) is 20.8 Å². The number of amides is 1. The van der Waals surface area contributed by atoms with Gasteiger partial charge in [-0.25, -0.2) is 4.79 Å². The van der Waals surface area contributed by atoms with Gasteiger partial charge in [-0.15, -0.1) is 0 Å². The second-order valence-corrected chi connectivity index (χ2v) is 6.28. The SMILES string of the molecule is COc1cc(OC)cc(C(=O)OCC(=O)N(Cc2ccccc2)C(C)C)c1. The van der Waals surface area contributed by atoms with Crippen molar-refractivity contribution in [3.8, 4) is 11.5 Å². The maximum atomic E-state index is 12.6. The monoisotopic (exact) mass is 371 g/mol. The van der Waals surface area contributed by atoms with Crippen LogP contribution in [0, 0.1) is 0 Å². The number of nitrogens with zero attached hydrogens (tertiary/aromatic N) is 1. The first-order chi connectivity index (χ1) is 12.9. The number of ether oxygens (including phenoxy) is 3. The van der Waals surface area contributed by atoms with E-state index in [4.69, 9.17) is 14.2 Å². The Labute approximate surface area is 159 Å². The number of carbonyl (C=O) groups is 2. The molecule has 0 aliphatic carbocycles. The number of hydrogen-bond acceptors (Lipinski definition) is 5. The number of esters is 1. The van der Waals surface area contributed by atoms with Crippen LogP contribution in [-0.4, -0.2) is 43.6 Å². The van der Waals surface area contributed by atoms with Crippen molar-refractivity contribution < 1.29 is 23.8 Å². The molecule has 0 N–H and O–H groups in total. The van der Waals surface area contributed by atoms with Crippen LogP contribution < -0.4 is 9.47 Å². The van der Waals surface area contributed by atoms with Gasteiger partial charge in [0.05, 0.1) is 19.8 Å². The third-order valence-electron chi connectivity index (χ3n) is 4.05. The Bertz CT molecular complexity index is 751. The van der Waals surface area contributed by atoms with Crippen molar-refractivity contribution in [2.45, 2.75) is 26.4 Å². The molecule has 0 bridgehead atoms. The second kappa shape index (κ2) is 9.62. The summed E-state index contributed by atoms with van der Waals surface area (Å²) in [5.74, 6) is 0.0852. The van der Waals surface area contributed by atoms with Gasteiger partial charge in [-0.05, 0) is 31.5 Å². The molecule has 144 valence electrons. The summed E-state index contributed by atoms with van der Waals surface area (Å²) in [7, 11) is 3.00. The van der Waals surface area contributed by atoms with Gasteiger partial charge in [0.1, 0.15) is 11.5 Å². The van der Waals surface area contributed by atoms with Gasteiger partial charge < -0.3 is 19.1 Å². The molecule has 0 saturated heterocycles. The predicted octanol–water partition coefficient (Wildman–Crippen LogP) is 3.30. The van der Waals surface area contributed by atoms with E-state index in [9.17, 15) is 9.59 Å². The molecule has 2 aromatic rings. The van der Waals surface area contributed by atoms with E-state index in [-0.39, 0.29) is 24.1 Å². The Balaban J connectivity index is 2.03. The molecule has 0 heterocycles. The summed E-state index contributed by atoms with van der Waals surface area (Å²) in [4.78, 5) is 26.6. The van der Waals surface area contributed by atoms with Crippen LogP contribution in [0.25, 0.3) is 0 Å². The van der Waals surface area contributed by atoms with Crippen LogP contribution >= 0.6 is 0 Å². The normalized spacial score (nSPS) is 10.4. The summed E-state index contributed by atoms with van der Waals surface area (Å²) in [5.41, 5.74) is 1.28. The van der Waals surface area contributed by atoms with Gasteiger partial charge in [0, 0.05) is 18.7 Å². The van der Waals surface area contributed by atoms with Crippen molar-refractivity contribution in [1.29, 1.82) is 0 Å². The number of hydrogen-bond donors (Lipinski definition) is 0. The molecule has 0 unspecified atom stereocenters. The first-order valence-electron chi connectivity index (χ1n) is 8.68. The summed E-state index contributed by atoms with van der Waals surface area (Å²) in [5, 5.41) is 0. The molecule has 1 amide bonds. The fraction of sp³-hybridized carbons (Fsp3) is 0.333. The number of rotatable bonds is 8. The lowest BCUT2D eigenvalue weighted by Crippen LogP contribution is -2.39.